The lowest BCUT2D eigenvalue weighted by molar-refractivity contribution is -0.160. The second kappa shape index (κ2) is 26.1. The van der Waals surface area contributed by atoms with Gasteiger partial charge in [-0.2, -0.15) is 0 Å². The molecule has 0 aromatic heterocycles. The minimum atomic E-state index is -4.50. The summed E-state index contributed by atoms with van der Waals surface area (Å²) in [5, 5.41) is 4.13. The number of amides is 1. The van der Waals surface area contributed by atoms with Crippen molar-refractivity contribution in [3.8, 4) is 11.1 Å². The van der Waals surface area contributed by atoms with Crippen LogP contribution in [0, 0.1) is 11.3 Å². The molecule has 75 heavy (non-hydrogen) atoms. The van der Waals surface area contributed by atoms with E-state index in [0.29, 0.717) is 23.7 Å². The van der Waals surface area contributed by atoms with Crippen LogP contribution in [0.2, 0.25) is 5.02 Å². The summed E-state index contributed by atoms with van der Waals surface area (Å²) >= 11 is 7.76. The van der Waals surface area contributed by atoms with Gasteiger partial charge in [0.25, 0.3) is 15.9 Å². The number of carbonyl (C=O) groups excluding carboxylic acids is 2. The number of sulfonamides is 1. The molecule has 0 spiro atoms. The van der Waals surface area contributed by atoms with E-state index < -0.39 is 51.5 Å². The maximum atomic E-state index is 13.8. The molecule has 2 atom stereocenters. The predicted octanol–water partition coefficient (Wildman–Crippen LogP) is 10.3. The molecule has 2 fully saturated rings. The van der Waals surface area contributed by atoms with Crippen molar-refractivity contribution in [3.05, 3.63) is 137 Å². The average Bonchev–Trinajstić information content (AvgIpc) is 3.38. The number of sulfone groups is 1. The van der Waals surface area contributed by atoms with Crippen LogP contribution in [0.1, 0.15) is 62.9 Å². The Hall–Kier alpha value is -4.75. The zero-order valence-corrected chi connectivity index (χ0v) is 47.4. The minimum Gasteiger partial charge on any atom is -0.438 e. The third kappa shape index (κ3) is 16.9. The number of benzene rings is 5. The Kier molecular flexibility index (Phi) is 20.1. The quantitative estimate of drug-likeness (QED) is 0.0273. The standard InChI is InChI=1S/C55H69ClN5O10PS3/c1-6-70-72(64,71-40-69-54(63)55(2,3)4)38-41-26-29-59(30-27-41)31-28-46(39-73-48-13-8-7-9-14-48)57-51-25-24-49(36-52(51)74(5,65)66)75(67,68)58-53(62)43-18-22-47(23-19-43)61-34-32-60(33-35-61)37-44-12-10-11-15-50(44)42-16-20-45(56)21-17-42/h7-25,36,41,46,57H,6,26-35,37-40H2,1-5H3,(H,58,62)/t46-,72?/m1/s1. The Morgan fingerprint density at radius 3 is 2.13 bits per heavy atom. The van der Waals surface area contributed by atoms with E-state index >= 15 is 0 Å². The van der Waals surface area contributed by atoms with Crippen LogP contribution in [-0.2, 0) is 49.5 Å². The van der Waals surface area contributed by atoms with Gasteiger partial charge in [-0.05, 0) is 149 Å². The Morgan fingerprint density at radius 2 is 1.48 bits per heavy atom. The smallest absolute Gasteiger partial charge is 0.333 e. The van der Waals surface area contributed by atoms with E-state index in [2.05, 4.69) is 42.9 Å². The van der Waals surface area contributed by atoms with Gasteiger partial charge in [0.2, 0.25) is 6.79 Å². The predicted molar refractivity (Wildman–Crippen MR) is 299 cm³/mol. The first-order chi connectivity index (χ1) is 35.7. The summed E-state index contributed by atoms with van der Waals surface area (Å²) in [5.74, 6) is -0.661. The molecule has 2 heterocycles. The summed E-state index contributed by atoms with van der Waals surface area (Å²) < 4.78 is 86.4. The average molecular weight is 1120 g/mol. The molecular formula is C55H69ClN5O10PS3. The maximum absolute atomic E-state index is 13.8. The number of likely N-dealkylation sites (tertiary alicyclic amines) is 1. The lowest BCUT2D eigenvalue weighted by Crippen LogP contribution is -2.46. The van der Waals surface area contributed by atoms with Crippen LogP contribution < -0.4 is 14.9 Å². The zero-order chi connectivity index (χ0) is 53.8. The third-order valence-corrected chi connectivity index (χ3v) is 19.2. The fourth-order valence-electron chi connectivity index (χ4n) is 9.03. The molecule has 5 aromatic rings. The number of nitrogens with one attached hydrogen (secondary N) is 2. The van der Waals surface area contributed by atoms with Crippen molar-refractivity contribution in [2.24, 2.45) is 11.3 Å². The summed E-state index contributed by atoms with van der Waals surface area (Å²) in [7, 11) is -12.0. The number of nitrogens with zero attached hydrogens (tertiary/aromatic N) is 3. The number of piperazine rings is 1. The van der Waals surface area contributed by atoms with Gasteiger partial charge >= 0.3 is 13.6 Å². The minimum absolute atomic E-state index is 0.0671. The number of ether oxygens (including phenoxy) is 1. The van der Waals surface area contributed by atoms with Gasteiger partial charge in [0.1, 0.15) is 0 Å². The number of hydrogen-bond donors (Lipinski definition) is 2. The van der Waals surface area contributed by atoms with Crippen molar-refractivity contribution < 1.29 is 44.8 Å². The molecule has 0 aliphatic carbocycles. The fourth-order valence-corrected chi connectivity index (χ4v) is 14.0. The van der Waals surface area contributed by atoms with Crippen molar-refractivity contribution in [3.63, 3.8) is 0 Å². The topological polar surface area (TPSA) is 181 Å². The first-order valence-electron chi connectivity index (χ1n) is 25.2. The van der Waals surface area contributed by atoms with Gasteiger partial charge in [-0.25, -0.2) is 21.6 Å². The lowest BCUT2D eigenvalue weighted by atomic mass is 9.98. The first-order valence-corrected chi connectivity index (χ1v) is 31.7. The molecule has 2 N–H and O–H groups in total. The highest BCUT2D eigenvalue weighted by Crippen LogP contribution is 2.51. The van der Waals surface area contributed by atoms with Crippen LogP contribution in [0.5, 0.6) is 0 Å². The van der Waals surface area contributed by atoms with Crippen LogP contribution in [-0.4, -0.2) is 122 Å². The zero-order valence-electron chi connectivity index (χ0n) is 43.3. The molecule has 1 amide bonds. The van der Waals surface area contributed by atoms with Crippen molar-refractivity contribution in [2.45, 2.75) is 74.2 Å². The lowest BCUT2D eigenvalue weighted by Gasteiger charge is -2.36. The van der Waals surface area contributed by atoms with Crippen LogP contribution >= 0.6 is 31.0 Å². The van der Waals surface area contributed by atoms with Gasteiger partial charge in [-0.15, -0.1) is 11.8 Å². The summed E-state index contributed by atoms with van der Waals surface area (Å²) in [4.78, 5) is 33.1. The molecule has 0 bridgehead atoms. The SMILES string of the molecule is CCOP(=O)(CC1CCN(CC[C@H](CSc2ccccc2)Nc2ccc(S(=O)(=O)NC(=O)c3ccc(N4CCN(Cc5ccccc5-c5ccc(Cl)cc5)CC4)cc3)cc2S(C)(=O)=O)CC1)OCOC(=O)C(C)(C)C. The molecule has 5 aromatic carbocycles. The van der Waals surface area contributed by atoms with Gasteiger partial charge in [-0.3, -0.25) is 23.6 Å². The molecule has 2 aliphatic rings. The van der Waals surface area contributed by atoms with Gasteiger partial charge in [0.15, 0.2) is 9.84 Å². The highest BCUT2D eigenvalue weighted by molar-refractivity contribution is 7.99. The van der Waals surface area contributed by atoms with Crippen LogP contribution in [0.25, 0.3) is 11.1 Å². The normalized spacial score (nSPS) is 16.5. The van der Waals surface area contributed by atoms with E-state index in [0.717, 1.165) is 87.1 Å². The second-order valence-corrected chi connectivity index (χ2v) is 27.3. The number of piperidine rings is 1. The molecule has 1 unspecified atom stereocenters. The molecule has 0 saturated carbocycles. The van der Waals surface area contributed by atoms with E-state index in [1.807, 2.05) is 60.7 Å². The molecular weight excluding hydrogens is 1050 g/mol. The van der Waals surface area contributed by atoms with Gasteiger partial charge in [-0.1, -0.05) is 66.2 Å². The molecule has 2 aliphatic heterocycles. The van der Waals surface area contributed by atoms with Crippen molar-refractivity contribution in [1.29, 1.82) is 0 Å². The number of rotatable bonds is 23. The summed E-state index contributed by atoms with van der Waals surface area (Å²) in [5.41, 5.74) is 4.09. The van der Waals surface area contributed by atoms with Gasteiger partial charge in [0.05, 0.1) is 33.7 Å². The number of carbonyl (C=O) groups is 2. The molecule has 2 saturated heterocycles. The highest BCUT2D eigenvalue weighted by atomic mass is 35.5. The monoisotopic (exact) mass is 1120 g/mol. The largest absolute Gasteiger partial charge is 0.438 e. The van der Waals surface area contributed by atoms with Crippen molar-refractivity contribution in [1.82, 2.24) is 14.5 Å². The molecule has 20 heteroatoms. The van der Waals surface area contributed by atoms with Crippen LogP contribution in [0.4, 0.5) is 11.4 Å². The Bertz CT molecular complexity index is 2990. The second-order valence-electron chi connectivity index (χ2n) is 20.0. The van der Waals surface area contributed by atoms with Gasteiger partial charge in [0, 0.05) is 78.5 Å². The first kappa shape index (κ1) is 57.9. The summed E-state index contributed by atoms with van der Waals surface area (Å²) in [6.07, 6.45) is 3.35. The fraction of sp³-hybridized carbons (Fsp3) is 0.418. The van der Waals surface area contributed by atoms with E-state index in [4.69, 9.17) is 25.4 Å². The van der Waals surface area contributed by atoms with Crippen molar-refractivity contribution >= 4 is 74.1 Å². The third-order valence-electron chi connectivity index (χ3n) is 13.2. The number of esters is 1. The highest BCUT2D eigenvalue weighted by Gasteiger charge is 2.33. The number of anilines is 2. The Morgan fingerprint density at radius 1 is 0.813 bits per heavy atom. The van der Waals surface area contributed by atoms with E-state index in [-0.39, 0.29) is 45.8 Å². The molecule has 404 valence electrons. The summed E-state index contributed by atoms with van der Waals surface area (Å²) in [6.45, 7) is 12.8. The number of halogens is 1. The number of hydrogen-bond acceptors (Lipinski definition) is 15. The van der Waals surface area contributed by atoms with Crippen molar-refractivity contribution in [2.75, 3.05) is 87.6 Å². The van der Waals surface area contributed by atoms with Crippen LogP contribution in [0.3, 0.4) is 0 Å². The number of thioether (sulfide) groups is 1. The molecule has 7 rings (SSSR count). The summed E-state index contributed by atoms with van der Waals surface area (Å²) in [6, 6.07) is 36.5. The van der Waals surface area contributed by atoms with E-state index in [9.17, 15) is 31.0 Å². The maximum Gasteiger partial charge on any atom is 0.333 e. The van der Waals surface area contributed by atoms with Gasteiger partial charge < -0.3 is 24.4 Å². The van der Waals surface area contributed by atoms with Crippen LogP contribution in [0.15, 0.2) is 136 Å². The molecule has 15 nitrogen and oxygen atoms in total. The molecule has 0 radical (unpaired) electrons. The Balaban J connectivity index is 0.948. The van der Waals surface area contributed by atoms with E-state index in [1.165, 1.54) is 23.3 Å². The van der Waals surface area contributed by atoms with E-state index in [1.54, 1.807) is 63.7 Å². The Labute approximate surface area is 452 Å².